The van der Waals surface area contributed by atoms with Crippen molar-refractivity contribution >= 4 is 28.0 Å². The van der Waals surface area contributed by atoms with E-state index in [0.29, 0.717) is 12.2 Å². The molecule has 1 aromatic rings. The molecule has 16 heavy (non-hydrogen) atoms. The van der Waals surface area contributed by atoms with E-state index in [1.54, 1.807) is 6.92 Å². The lowest BCUT2D eigenvalue weighted by Crippen LogP contribution is -2.17. The van der Waals surface area contributed by atoms with Crippen molar-refractivity contribution in [3.8, 4) is 5.75 Å². The van der Waals surface area contributed by atoms with E-state index in [9.17, 15) is 4.79 Å². The van der Waals surface area contributed by atoms with Gasteiger partial charge in [-0.2, -0.15) is 0 Å². The van der Waals surface area contributed by atoms with E-state index in [-0.39, 0.29) is 12.6 Å². The summed E-state index contributed by atoms with van der Waals surface area (Å²) in [4.78, 5) is 11.5. The van der Waals surface area contributed by atoms with Crippen LogP contribution in [-0.2, 0) is 9.53 Å². The summed E-state index contributed by atoms with van der Waals surface area (Å²) < 4.78 is 11.4. The summed E-state index contributed by atoms with van der Waals surface area (Å²) in [7, 11) is 0. The number of esters is 1. The van der Waals surface area contributed by atoms with E-state index in [4.69, 9.17) is 9.47 Å². The molecule has 0 fully saturated rings. The number of hydrogen-bond acceptors (Lipinski definition) is 3. The Bertz CT molecular complexity index is 452. The molecule has 0 aliphatic carbocycles. The Morgan fingerprint density at radius 3 is 3.12 bits per heavy atom. The second-order valence-electron chi connectivity index (χ2n) is 3.36. The van der Waals surface area contributed by atoms with Gasteiger partial charge in [0.15, 0.2) is 0 Å². The second-order valence-corrected chi connectivity index (χ2v) is 4.28. The summed E-state index contributed by atoms with van der Waals surface area (Å²) in [6.45, 7) is 2.43. The highest BCUT2D eigenvalue weighted by molar-refractivity contribution is 9.10. The zero-order chi connectivity index (χ0) is 11.5. The normalized spacial score (nSPS) is 13.5. The molecular formula is C12H11BrO3. The van der Waals surface area contributed by atoms with Crippen LogP contribution in [0, 0.1) is 0 Å². The number of carbonyl (C=O) groups excluding carboxylic acids is 1. The standard InChI is InChI=1S/C12H11BrO3/c1-2-15-12(14)9-5-8-3-4-10(13)6-11(8)16-7-9/h3-6H,2,7H2,1H3. The predicted molar refractivity (Wildman–Crippen MR) is 64.2 cm³/mol. The molecule has 3 nitrogen and oxygen atoms in total. The molecule has 1 aliphatic rings. The molecular weight excluding hydrogens is 272 g/mol. The van der Waals surface area contributed by atoms with E-state index in [0.717, 1.165) is 15.8 Å². The lowest BCUT2D eigenvalue weighted by Gasteiger charge is -2.17. The van der Waals surface area contributed by atoms with Crippen LogP contribution in [0.2, 0.25) is 0 Å². The lowest BCUT2D eigenvalue weighted by molar-refractivity contribution is -0.138. The molecule has 0 atom stereocenters. The highest BCUT2D eigenvalue weighted by Crippen LogP contribution is 2.29. The first kappa shape index (κ1) is 11.2. The maximum atomic E-state index is 11.5. The Morgan fingerprint density at radius 1 is 1.56 bits per heavy atom. The number of halogens is 1. The van der Waals surface area contributed by atoms with Gasteiger partial charge in [-0.3, -0.25) is 0 Å². The zero-order valence-electron chi connectivity index (χ0n) is 8.83. The van der Waals surface area contributed by atoms with Crippen LogP contribution in [0.4, 0.5) is 0 Å². The van der Waals surface area contributed by atoms with Gasteiger partial charge in [0.25, 0.3) is 0 Å². The fourth-order valence-electron chi connectivity index (χ4n) is 1.48. The number of hydrogen-bond donors (Lipinski definition) is 0. The molecule has 0 aromatic heterocycles. The average molecular weight is 283 g/mol. The van der Waals surface area contributed by atoms with Gasteiger partial charge < -0.3 is 9.47 Å². The van der Waals surface area contributed by atoms with Crippen molar-refractivity contribution in [2.75, 3.05) is 13.2 Å². The first-order valence-corrected chi connectivity index (χ1v) is 5.80. The monoisotopic (exact) mass is 282 g/mol. The van der Waals surface area contributed by atoms with Crippen LogP contribution < -0.4 is 4.74 Å². The van der Waals surface area contributed by atoms with Gasteiger partial charge in [0.05, 0.1) is 12.2 Å². The van der Waals surface area contributed by atoms with Crippen molar-refractivity contribution in [1.29, 1.82) is 0 Å². The van der Waals surface area contributed by atoms with E-state index in [1.165, 1.54) is 0 Å². The van der Waals surface area contributed by atoms with Crippen molar-refractivity contribution in [3.05, 3.63) is 33.8 Å². The van der Waals surface area contributed by atoms with Crippen LogP contribution in [0.1, 0.15) is 12.5 Å². The molecule has 0 bridgehead atoms. The molecule has 4 heteroatoms. The second kappa shape index (κ2) is 4.70. The van der Waals surface area contributed by atoms with Gasteiger partial charge in [0.2, 0.25) is 0 Å². The van der Waals surface area contributed by atoms with Crippen LogP contribution in [0.3, 0.4) is 0 Å². The maximum Gasteiger partial charge on any atom is 0.337 e. The number of benzene rings is 1. The molecule has 0 amide bonds. The number of ether oxygens (including phenoxy) is 2. The number of fused-ring (bicyclic) bond motifs is 1. The summed E-state index contributed by atoms with van der Waals surface area (Å²) in [6, 6.07) is 5.69. The fraction of sp³-hybridized carbons (Fsp3) is 0.250. The summed E-state index contributed by atoms with van der Waals surface area (Å²) in [6.07, 6.45) is 1.81. The molecule has 84 valence electrons. The fourth-order valence-corrected chi connectivity index (χ4v) is 1.82. The molecule has 0 radical (unpaired) electrons. The molecule has 0 N–H and O–H groups in total. The summed E-state index contributed by atoms with van der Waals surface area (Å²) in [5.74, 6) is 0.471. The minimum Gasteiger partial charge on any atom is -0.488 e. The first-order chi connectivity index (χ1) is 7.70. The quantitative estimate of drug-likeness (QED) is 0.783. The van der Waals surface area contributed by atoms with Crippen molar-refractivity contribution < 1.29 is 14.3 Å². The van der Waals surface area contributed by atoms with Gasteiger partial charge in [0, 0.05) is 10.0 Å². The Hall–Kier alpha value is -1.29. The summed E-state index contributed by atoms with van der Waals surface area (Å²) in [5.41, 5.74) is 1.45. The van der Waals surface area contributed by atoms with Crippen LogP contribution >= 0.6 is 15.9 Å². The van der Waals surface area contributed by atoms with E-state index in [1.807, 2.05) is 24.3 Å². The minimum atomic E-state index is -0.309. The highest BCUT2D eigenvalue weighted by Gasteiger charge is 2.17. The molecule has 2 rings (SSSR count). The van der Waals surface area contributed by atoms with Crippen molar-refractivity contribution in [1.82, 2.24) is 0 Å². The third-order valence-electron chi connectivity index (χ3n) is 2.23. The Kier molecular flexibility index (Phi) is 3.29. The van der Waals surface area contributed by atoms with Crippen molar-refractivity contribution in [2.45, 2.75) is 6.92 Å². The first-order valence-electron chi connectivity index (χ1n) is 5.00. The Labute approximate surface area is 102 Å². The van der Waals surface area contributed by atoms with Crippen LogP contribution in [0.25, 0.3) is 6.08 Å². The van der Waals surface area contributed by atoms with Gasteiger partial charge in [-0.1, -0.05) is 22.0 Å². The smallest absolute Gasteiger partial charge is 0.337 e. The number of rotatable bonds is 2. The van der Waals surface area contributed by atoms with Gasteiger partial charge in [0.1, 0.15) is 12.4 Å². The van der Waals surface area contributed by atoms with Gasteiger partial charge in [-0.25, -0.2) is 4.79 Å². The third kappa shape index (κ3) is 2.27. The highest BCUT2D eigenvalue weighted by atomic mass is 79.9. The molecule has 0 unspecified atom stereocenters. The Morgan fingerprint density at radius 2 is 2.38 bits per heavy atom. The Balaban J connectivity index is 2.28. The van der Waals surface area contributed by atoms with Gasteiger partial charge >= 0.3 is 5.97 Å². The van der Waals surface area contributed by atoms with Crippen LogP contribution in [0.15, 0.2) is 28.2 Å². The third-order valence-corrected chi connectivity index (χ3v) is 2.72. The lowest BCUT2D eigenvalue weighted by atomic mass is 10.1. The molecule has 1 aromatic carbocycles. The van der Waals surface area contributed by atoms with E-state index < -0.39 is 0 Å². The maximum absolute atomic E-state index is 11.5. The molecule has 0 spiro atoms. The largest absolute Gasteiger partial charge is 0.488 e. The molecule has 0 saturated carbocycles. The van der Waals surface area contributed by atoms with Gasteiger partial charge in [-0.15, -0.1) is 0 Å². The summed E-state index contributed by atoms with van der Waals surface area (Å²) in [5, 5.41) is 0. The van der Waals surface area contributed by atoms with Crippen molar-refractivity contribution in [3.63, 3.8) is 0 Å². The van der Waals surface area contributed by atoms with E-state index in [2.05, 4.69) is 15.9 Å². The molecule has 1 heterocycles. The van der Waals surface area contributed by atoms with Crippen LogP contribution in [-0.4, -0.2) is 19.2 Å². The van der Waals surface area contributed by atoms with Gasteiger partial charge in [-0.05, 0) is 25.1 Å². The molecule has 0 saturated heterocycles. The number of carbonyl (C=O) groups is 1. The van der Waals surface area contributed by atoms with Crippen LogP contribution in [0.5, 0.6) is 5.75 Å². The molecule has 1 aliphatic heterocycles. The topological polar surface area (TPSA) is 35.5 Å². The predicted octanol–water partition coefficient (Wildman–Crippen LogP) is 2.79. The van der Waals surface area contributed by atoms with E-state index >= 15 is 0 Å². The zero-order valence-corrected chi connectivity index (χ0v) is 10.4. The minimum absolute atomic E-state index is 0.266. The average Bonchev–Trinajstić information content (AvgIpc) is 2.28. The SMILES string of the molecule is CCOC(=O)C1=Cc2ccc(Br)cc2OC1. The summed E-state index contributed by atoms with van der Waals surface area (Å²) >= 11 is 3.37. The van der Waals surface area contributed by atoms with Crippen molar-refractivity contribution in [2.24, 2.45) is 0 Å².